The SMILES string of the molecule is C[C@@H]1CN(Cc2cccc(CC(=O)c3c(F)cccc3F)c2Cl)C[C@H](C)N1C(=O)C1CCCC1. The molecular formula is C27H31ClF2N2O2. The molecule has 7 heteroatoms. The van der Waals surface area contributed by atoms with E-state index in [9.17, 15) is 18.4 Å². The number of hydrogen-bond donors (Lipinski definition) is 0. The molecule has 2 fully saturated rings. The molecule has 1 aliphatic carbocycles. The smallest absolute Gasteiger partial charge is 0.226 e. The van der Waals surface area contributed by atoms with Crippen LogP contribution in [-0.2, 0) is 17.8 Å². The molecule has 2 aliphatic rings. The van der Waals surface area contributed by atoms with Gasteiger partial charge in [-0.05, 0) is 49.9 Å². The number of amides is 1. The number of Topliss-reactive ketones (excluding diaryl/α,β-unsaturated/α-hetero) is 1. The van der Waals surface area contributed by atoms with E-state index in [1.165, 1.54) is 6.07 Å². The monoisotopic (exact) mass is 488 g/mol. The van der Waals surface area contributed by atoms with Crippen molar-refractivity contribution in [2.24, 2.45) is 5.92 Å². The third-order valence-corrected chi connectivity index (χ3v) is 7.58. The topological polar surface area (TPSA) is 40.6 Å². The van der Waals surface area contributed by atoms with Gasteiger partial charge in [-0.25, -0.2) is 8.78 Å². The van der Waals surface area contributed by atoms with Crippen molar-refractivity contribution >= 4 is 23.3 Å². The molecule has 4 rings (SSSR count). The van der Waals surface area contributed by atoms with Crippen LogP contribution < -0.4 is 0 Å². The highest BCUT2D eigenvalue weighted by Gasteiger charge is 2.37. The molecule has 0 bridgehead atoms. The molecule has 1 saturated carbocycles. The maximum atomic E-state index is 14.0. The number of ketones is 1. The van der Waals surface area contributed by atoms with Crippen LogP contribution in [0.5, 0.6) is 0 Å². The van der Waals surface area contributed by atoms with Gasteiger partial charge in [0.2, 0.25) is 5.91 Å². The summed E-state index contributed by atoms with van der Waals surface area (Å²) in [6.07, 6.45) is 4.09. The minimum atomic E-state index is -0.870. The first-order chi connectivity index (χ1) is 16.3. The van der Waals surface area contributed by atoms with Crippen LogP contribution >= 0.6 is 11.6 Å². The lowest BCUT2D eigenvalue weighted by atomic mass is 9.99. The minimum absolute atomic E-state index is 0.101. The largest absolute Gasteiger partial charge is 0.334 e. The first kappa shape index (κ1) is 24.8. The van der Waals surface area contributed by atoms with Crippen LogP contribution in [0.2, 0.25) is 5.02 Å². The minimum Gasteiger partial charge on any atom is -0.334 e. The Bertz CT molecular complexity index is 1040. The number of carbonyl (C=O) groups excluding carboxylic acids is 2. The fraction of sp³-hybridized carbons (Fsp3) is 0.481. The average molecular weight is 489 g/mol. The number of nitrogens with zero attached hydrogens (tertiary/aromatic N) is 2. The molecule has 0 unspecified atom stereocenters. The van der Waals surface area contributed by atoms with E-state index in [-0.39, 0.29) is 30.3 Å². The Morgan fingerprint density at radius 1 is 0.941 bits per heavy atom. The van der Waals surface area contributed by atoms with Crippen LogP contribution in [0.4, 0.5) is 8.78 Å². The molecule has 1 heterocycles. The Hall–Kier alpha value is -2.31. The second-order valence-electron chi connectivity index (χ2n) is 9.71. The lowest BCUT2D eigenvalue weighted by Crippen LogP contribution is -2.59. The van der Waals surface area contributed by atoms with Gasteiger partial charge in [0.15, 0.2) is 5.78 Å². The average Bonchev–Trinajstić information content (AvgIpc) is 3.31. The van der Waals surface area contributed by atoms with Gasteiger partial charge in [0, 0.05) is 49.1 Å². The van der Waals surface area contributed by atoms with E-state index in [4.69, 9.17) is 11.6 Å². The fourth-order valence-electron chi connectivity index (χ4n) is 5.54. The quantitative estimate of drug-likeness (QED) is 0.493. The summed E-state index contributed by atoms with van der Waals surface area (Å²) < 4.78 is 28.0. The normalized spacial score (nSPS) is 21.7. The number of rotatable bonds is 6. The zero-order chi connectivity index (χ0) is 24.4. The maximum Gasteiger partial charge on any atom is 0.226 e. The Morgan fingerprint density at radius 3 is 2.12 bits per heavy atom. The molecule has 2 aromatic rings. The van der Waals surface area contributed by atoms with Crippen LogP contribution in [0.3, 0.4) is 0 Å². The van der Waals surface area contributed by atoms with Gasteiger partial charge in [0.05, 0.1) is 5.56 Å². The second kappa shape index (κ2) is 10.5. The van der Waals surface area contributed by atoms with Gasteiger partial charge < -0.3 is 4.90 Å². The van der Waals surface area contributed by atoms with Crippen molar-refractivity contribution in [2.75, 3.05) is 13.1 Å². The van der Waals surface area contributed by atoms with E-state index >= 15 is 0 Å². The van der Waals surface area contributed by atoms with Crippen molar-refractivity contribution in [3.63, 3.8) is 0 Å². The Kier molecular flexibility index (Phi) is 7.68. The Labute approximate surface area is 204 Å². The highest BCUT2D eigenvalue weighted by molar-refractivity contribution is 6.32. The Balaban J connectivity index is 1.44. The van der Waals surface area contributed by atoms with Gasteiger partial charge in [-0.2, -0.15) is 0 Å². The lowest BCUT2D eigenvalue weighted by molar-refractivity contribution is -0.143. The third kappa shape index (κ3) is 5.18. The van der Waals surface area contributed by atoms with Gasteiger partial charge in [0.25, 0.3) is 0 Å². The number of benzene rings is 2. The lowest BCUT2D eigenvalue weighted by Gasteiger charge is -2.45. The fourth-order valence-corrected chi connectivity index (χ4v) is 5.79. The third-order valence-electron chi connectivity index (χ3n) is 7.10. The molecule has 182 valence electrons. The molecule has 1 amide bonds. The molecule has 0 aromatic heterocycles. The number of halogens is 3. The van der Waals surface area contributed by atoms with Crippen LogP contribution in [-0.4, -0.2) is 46.7 Å². The van der Waals surface area contributed by atoms with Crippen molar-refractivity contribution in [3.05, 3.63) is 69.7 Å². The molecule has 2 aromatic carbocycles. The molecule has 2 atom stereocenters. The predicted octanol–water partition coefficient (Wildman–Crippen LogP) is 5.66. The van der Waals surface area contributed by atoms with E-state index in [0.717, 1.165) is 56.5 Å². The van der Waals surface area contributed by atoms with Gasteiger partial charge in [-0.1, -0.05) is 48.7 Å². The second-order valence-corrected chi connectivity index (χ2v) is 10.1. The van der Waals surface area contributed by atoms with Crippen LogP contribution in [0.1, 0.15) is 61.0 Å². The van der Waals surface area contributed by atoms with Crippen molar-refractivity contribution in [3.8, 4) is 0 Å². The zero-order valence-electron chi connectivity index (χ0n) is 19.7. The van der Waals surface area contributed by atoms with Crippen molar-refractivity contribution in [2.45, 2.75) is 64.6 Å². The molecule has 1 aliphatic heterocycles. The van der Waals surface area contributed by atoms with E-state index in [0.29, 0.717) is 17.1 Å². The predicted molar refractivity (Wildman–Crippen MR) is 129 cm³/mol. The first-order valence-electron chi connectivity index (χ1n) is 12.0. The van der Waals surface area contributed by atoms with Gasteiger partial charge in [0.1, 0.15) is 11.6 Å². The van der Waals surface area contributed by atoms with Gasteiger partial charge in [-0.15, -0.1) is 0 Å². The van der Waals surface area contributed by atoms with Crippen molar-refractivity contribution in [1.82, 2.24) is 9.80 Å². The summed E-state index contributed by atoms with van der Waals surface area (Å²) in [6, 6.07) is 9.03. The van der Waals surface area contributed by atoms with E-state index in [1.54, 1.807) is 6.07 Å². The van der Waals surface area contributed by atoms with Gasteiger partial charge in [-0.3, -0.25) is 14.5 Å². The highest BCUT2D eigenvalue weighted by Crippen LogP contribution is 2.31. The number of piperazine rings is 1. The highest BCUT2D eigenvalue weighted by atomic mass is 35.5. The van der Waals surface area contributed by atoms with E-state index in [2.05, 4.69) is 23.6 Å². The van der Waals surface area contributed by atoms with E-state index < -0.39 is 23.0 Å². The summed E-state index contributed by atoms with van der Waals surface area (Å²) in [6.45, 7) is 6.24. The number of hydrogen-bond acceptors (Lipinski definition) is 3. The molecule has 34 heavy (non-hydrogen) atoms. The molecular weight excluding hydrogens is 458 g/mol. The maximum absolute atomic E-state index is 14.0. The summed E-state index contributed by atoms with van der Waals surface area (Å²) in [5.74, 6) is -1.93. The summed E-state index contributed by atoms with van der Waals surface area (Å²) in [5, 5.41) is 0.442. The summed E-state index contributed by atoms with van der Waals surface area (Å²) in [7, 11) is 0. The van der Waals surface area contributed by atoms with Crippen molar-refractivity contribution in [1.29, 1.82) is 0 Å². The zero-order valence-corrected chi connectivity index (χ0v) is 20.5. The molecule has 1 saturated heterocycles. The molecule has 0 N–H and O–H groups in total. The van der Waals surface area contributed by atoms with Crippen LogP contribution in [0, 0.1) is 17.6 Å². The molecule has 4 nitrogen and oxygen atoms in total. The van der Waals surface area contributed by atoms with Gasteiger partial charge >= 0.3 is 0 Å². The summed E-state index contributed by atoms with van der Waals surface area (Å²) in [4.78, 5) is 30.0. The first-order valence-corrected chi connectivity index (χ1v) is 12.4. The Morgan fingerprint density at radius 2 is 1.50 bits per heavy atom. The van der Waals surface area contributed by atoms with Crippen LogP contribution in [0.25, 0.3) is 0 Å². The summed E-state index contributed by atoms with van der Waals surface area (Å²) in [5.41, 5.74) is 0.869. The van der Waals surface area contributed by atoms with Crippen LogP contribution in [0.15, 0.2) is 36.4 Å². The summed E-state index contributed by atoms with van der Waals surface area (Å²) >= 11 is 6.65. The molecule has 0 radical (unpaired) electrons. The number of carbonyl (C=O) groups is 2. The standard InChI is InChI=1S/C27H31ClF2N2O2/c1-17-14-31(15-18(2)32(17)27(34)19-7-3-4-8-19)16-21-10-5-9-20(26(21)28)13-24(33)25-22(29)11-6-12-23(25)30/h5-6,9-12,17-19H,3-4,7-8,13-16H2,1-2H3/t17-,18+. The molecule has 0 spiro atoms. The van der Waals surface area contributed by atoms with E-state index in [1.807, 2.05) is 12.1 Å². The van der Waals surface area contributed by atoms with Crippen molar-refractivity contribution < 1.29 is 18.4 Å².